The average Bonchev–Trinajstić information content (AvgIpc) is 3.29. The van der Waals surface area contributed by atoms with Gasteiger partial charge in [-0.2, -0.15) is 0 Å². The van der Waals surface area contributed by atoms with Gasteiger partial charge in [0.15, 0.2) is 5.79 Å². The van der Waals surface area contributed by atoms with Crippen LogP contribution in [0.1, 0.15) is 73.0 Å². The highest BCUT2D eigenvalue weighted by molar-refractivity contribution is 6.76. The molecule has 2 aliphatic rings. The zero-order valence-corrected chi connectivity index (χ0v) is 21.1. The van der Waals surface area contributed by atoms with Gasteiger partial charge in [-0.15, -0.1) is 0 Å². The van der Waals surface area contributed by atoms with E-state index in [9.17, 15) is 4.79 Å². The lowest BCUT2D eigenvalue weighted by atomic mass is 9.93. The van der Waals surface area contributed by atoms with E-state index in [0.717, 1.165) is 36.4 Å². The molecule has 2 unspecified atom stereocenters. The van der Waals surface area contributed by atoms with E-state index in [4.69, 9.17) is 14.2 Å². The molecule has 0 aromatic heterocycles. The molecule has 1 saturated carbocycles. The number of esters is 1. The number of aryl methyl sites for hydroxylation is 2. The van der Waals surface area contributed by atoms with Crippen LogP contribution in [0, 0.1) is 19.8 Å². The van der Waals surface area contributed by atoms with Crippen LogP contribution in [0.15, 0.2) is 12.1 Å². The van der Waals surface area contributed by atoms with Crippen LogP contribution in [0.25, 0.3) is 0 Å². The number of hydrogen-bond donors (Lipinski definition) is 0. The Hall–Kier alpha value is -1.17. The molecule has 1 heterocycles. The third kappa shape index (κ3) is 5.74. The average molecular weight is 433 g/mol. The van der Waals surface area contributed by atoms with E-state index < -0.39 is 13.9 Å². The Labute approximate surface area is 183 Å². The molecule has 0 radical (unpaired) electrons. The zero-order valence-electron chi connectivity index (χ0n) is 20.1. The van der Waals surface area contributed by atoms with E-state index in [0.29, 0.717) is 18.4 Å². The molecule has 4 nitrogen and oxygen atoms in total. The standard InChI is InChI=1S/C25H40O4Si/c1-9-21-22(29-25(4,5)28-21)15-18-14-19(18)20-13-16(2)12-17(3)23(20)24(26)27-10-11-30(6,7)8/h12-13,18-19,21-22H,9-11,14-15H2,1-8H3/t18?,19?,21-,22-/m1/s1. The third-order valence-corrected chi connectivity index (χ3v) is 8.05. The van der Waals surface area contributed by atoms with E-state index in [1.807, 2.05) is 20.8 Å². The lowest BCUT2D eigenvalue weighted by molar-refractivity contribution is -0.147. The Morgan fingerprint density at radius 3 is 2.47 bits per heavy atom. The maximum Gasteiger partial charge on any atom is 0.338 e. The first-order valence-electron chi connectivity index (χ1n) is 11.5. The van der Waals surface area contributed by atoms with Crippen molar-refractivity contribution in [2.24, 2.45) is 5.92 Å². The number of rotatable bonds is 8. The van der Waals surface area contributed by atoms with Gasteiger partial charge >= 0.3 is 5.97 Å². The van der Waals surface area contributed by atoms with E-state index in [1.54, 1.807) is 0 Å². The Bertz CT molecular complexity index is 780. The molecule has 2 fully saturated rings. The van der Waals surface area contributed by atoms with Crippen LogP contribution in [0.3, 0.4) is 0 Å². The molecular formula is C25H40O4Si. The molecule has 5 heteroatoms. The van der Waals surface area contributed by atoms with Gasteiger partial charge in [-0.25, -0.2) is 4.79 Å². The summed E-state index contributed by atoms with van der Waals surface area (Å²) in [5.74, 6) is 0.296. The predicted octanol–water partition coefficient (Wildman–Crippen LogP) is 6.22. The number of carbonyl (C=O) groups is 1. The molecule has 168 valence electrons. The highest BCUT2D eigenvalue weighted by Crippen LogP contribution is 2.53. The van der Waals surface area contributed by atoms with Gasteiger partial charge in [0.1, 0.15) is 0 Å². The first-order chi connectivity index (χ1) is 13.9. The van der Waals surface area contributed by atoms with Gasteiger partial charge in [0.05, 0.1) is 24.4 Å². The molecule has 1 aromatic carbocycles. The van der Waals surface area contributed by atoms with Gasteiger partial charge in [0.2, 0.25) is 0 Å². The molecular weight excluding hydrogens is 392 g/mol. The fraction of sp³-hybridized carbons (Fsp3) is 0.720. The zero-order chi connectivity index (χ0) is 22.3. The highest BCUT2D eigenvalue weighted by Gasteiger charge is 2.47. The van der Waals surface area contributed by atoms with Crippen LogP contribution in [0.2, 0.25) is 25.7 Å². The Kier molecular flexibility index (Phi) is 6.85. The second kappa shape index (κ2) is 8.76. The summed E-state index contributed by atoms with van der Waals surface area (Å²) in [5, 5.41) is 0. The molecule has 1 aromatic rings. The quantitative estimate of drug-likeness (QED) is 0.361. The predicted molar refractivity (Wildman–Crippen MR) is 124 cm³/mol. The summed E-state index contributed by atoms with van der Waals surface area (Å²) >= 11 is 0. The van der Waals surface area contributed by atoms with E-state index in [1.165, 1.54) is 11.1 Å². The largest absolute Gasteiger partial charge is 0.462 e. The maximum atomic E-state index is 13.0. The van der Waals surface area contributed by atoms with Crippen molar-refractivity contribution in [2.75, 3.05) is 6.61 Å². The van der Waals surface area contributed by atoms with Crippen LogP contribution in [-0.2, 0) is 14.2 Å². The second-order valence-electron chi connectivity index (χ2n) is 11.0. The molecule has 3 rings (SSSR count). The Morgan fingerprint density at radius 1 is 1.17 bits per heavy atom. The molecule has 0 amide bonds. The second-order valence-corrected chi connectivity index (χ2v) is 16.6. The van der Waals surface area contributed by atoms with E-state index in [-0.39, 0.29) is 18.2 Å². The van der Waals surface area contributed by atoms with Crippen molar-refractivity contribution in [1.82, 2.24) is 0 Å². The van der Waals surface area contributed by atoms with Gasteiger partial charge in [-0.1, -0.05) is 44.3 Å². The maximum absolute atomic E-state index is 13.0. The normalized spacial score (nSPS) is 27.9. The van der Waals surface area contributed by atoms with Crippen LogP contribution >= 0.6 is 0 Å². The van der Waals surface area contributed by atoms with Crippen molar-refractivity contribution >= 4 is 14.0 Å². The SMILES string of the molecule is CC[C@H]1OC(C)(C)O[C@@H]1CC1CC1c1cc(C)cc(C)c1C(=O)OCC[Si](C)(C)C. The minimum absolute atomic E-state index is 0.137. The third-order valence-electron chi connectivity index (χ3n) is 6.34. The van der Waals surface area contributed by atoms with Gasteiger partial charge in [0, 0.05) is 8.07 Å². The van der Waals surface area contributed by atoms with Crippen molar-refractivity contribution in [3.8, 4) is 0 Å². The summed E-state index contributed by atoms with van der Waals surface area (Å²) in [4.78, 5) is 13.0. The van der Waals surface area contributed by atoms with E-state index >= 15 is 0 Å². The number of benzene rings is 1. The summed E-state index contributed by atoms with van der Waals surface area (Å²) in [6.45, 7) is 17.7. The molecule has 1 saturated heterocycles. The van der Waals surface area contributed by atoms with Crippen molar-refractivity contribution in [3.05, 3.63) is 34.4 Å². The Balaban J connectivity index is 1.71. The molecule has 0 spiro atoms. The Morgan fingerprint density at radius 2 is 1.83 bits per heavy atom. The van der Waals surface area contributed by atoms with Gasteiger partial charge < -0.3 is 14.2 Å². The van der Waals surface area contributed by atoms with Crippen molar-refractivity contribution < 1.29 is 19.0 Å². The fourth-order valence-electron chi connectivity index (χ4n) is 4.74. The van der Waals surface area contributed by atoms with E-state index in [2.05, 4.69) is 45.6 Å². The van der Waals surface area contributed by atoms with Crippen LogP contribution in [0.5, 0.6) is 0 Å². The van der Waals surface area contributed by atoms with Crippen molar-refractivity contribution in [3.63, 3.8) is 0 Å². The lowest BCUT2D eigenvalue weighted by Gasteiger charge is -2.18. The topological polar surface area (TPSA) is 44.8 Å². The van der Waals surface area contributed by atoms with Crippen LogP contribution in [0.4, 0.5) is 0 Å². The lowest BCUT2D eigenvalue weighted by Crippen LogP contribution is -2.23. The number of carbonyl (C=O) groups excluding carboxylic acids is 1. The molecule has 0 N–H and O–H groups in total. The van der Waals surface area contributed by atoms with Crippen molar-refractivity contribution in [1.29, 1.82) is 0 Å². The minimum atomic E-state index is -1.23. The molecule has 4 atom stereocenters. The van der Waals surface area contributed by atoms with Gasteiger partial charge in [-0.05, 0) is 76.0 Å². The number of hydrogen-bond acceptors (Lipinski definition) is 4. The summed E-state index contributed by atoms with van der Waals surface area (Å²) in [6.07, 6.45) is 3.35. The highest BCUT2D eigenvalue weighted by atomic mass is 28.3. The molecule has 1 aliphatic carbocycles. The van der Waals surface area contributed by atoms with Crippen LogP contribution < -0.4 is 0 Å². The number of ether oxygens (including phenoxy) is 3. The molecule has 30 heavy (non-hydrogen) atoms. The van der Waals surface area contributed by atoms with Gasteiger partial charge in [0.25, 0.3) is 0 Å². The molecule has 1 aliphatic heterocycles. The van der Waals surface area contributed by atoms with Crippen LogP contribution in [-0.4, -0.2) is 38.6 Å². The summed E-state index contributed by atoms with van der Waals surface area (Å²) in [7, 11) is -1.23. The van der Waals surface area contributed by atoms with Gasteiger partial charge in [-0.3, -0.25) is 0 Å². The monoisotopic (exact) mass is 432 g/mol. The first kappa shape index (κ1) is 23.5. The summed E-state index contributed by atoms with van der Waals surface area (Å²) in [5.41, 5.74) is 4.20. The summed E-state index contributed by atoms with van der Waals surface area (Å²) in [6, 6.07) is 5.29. The smallest absolute Gasteiger partial charge is 0.338 e. The first-order valence-corrected chi connectivity index (χ1v) is 15.2. The summed E-state index contributed by atoms with van der Waals surface area (Å²) < 4.78 is 18.0. The minimum Gasteiger partial charge on any atom is -0.462 e. The molecule has 0 bridgehead atoms. The fourth-order valence-corrected chi connectivity index (χ4v) is 5.45. The van der Waals surface area contributed by atoms with Crippen molar-refractivity contribution in [2.45, 2.75) is 103 Å².